The molecule has 2 heterocycles. The maximum absolute atomic E-state index is 5.22. The van der Waals surface area contributed by atoms with Crippen LogP contribution in [0.2, 0.25) is 0 Å². The zero-order chi connectivity index (χ0) is 16.9. The van der Waals surface area contributed by atoms with Crippen LogP contribution in [0.1, 0.15) is 39.2 Å². The maximum atomic E-state index is 5.22. The minimum atomic E-state index is -0.0946. The second-order valence-corrected chi connectivity index (χ2v) is 7.00. The van der Waals surface area contributed by atoms with Crippen molar-refractivity contribution in [3.05, 3.63) is 36.3 Å². The van der Waals surface area contributed by atoms with Gasteiger partial charge in [-0.3, -0.25) is 0 Å². The lowest BCUT2D eigenvalue weighted by Crippen LogP contribution is -2.21. The van der Waals surface area contributed by atoms with Gasteiger partial charge in [0.1, 0.15) is 11.6 Å². The second-order valence-electron chi connectivity index (χ2n) is 7.00. The Hall–Kier alpha value is -1.95. The van der Waals surface area contributed by atoms with Gasteiger partial charge in [-0.1, -0.05) is 27.7 Å². The summed E-state index contributed by atoms with van der Waals surface area (Å²) in [4.78, 5) is 13.3. The van der Waals surface area contributed by atoms with E-state index in [1.165, 1.54) is 0 Å². The fourth-order valence-electron chi connectivity index (χ4n) is 2.24. The van der Waals surface area contributed by atoms with Crippen molar-refractivity contribution < 1.29 is 4.74 Å². The number of aromatic nitrogens is 4. The molecule has 0 aliphatic heterocycles. The van der Waals surface area contributed by atoms with Crippen LogP contribution in [0.5, 0.6) is 0 Å². The number of imidazole rings is 1. The predicted octanol–water partition coefficient (Wildman–Crippen LogP) is 2.87. The number of nitrogens with one attached hydrogen (secondary N) is 1. The first-order valence-corrected chi connectivity index (χ1v) is 7.95. The van der Waals surface area contributed by atoms with Gasteiger partial charge in [-0.05, 0) is 5.92 Å². The minimum Gasteiger partial charge on any atom is -0.378 e. The van der Waals surface area contributed by atoms with Crippen molar-refractivity contribution in [1.82, 2.24) is 19.5 Å². The molecule has 126 valence electrons. The van der Waals surface area contributed by atoms with Gasteiger partial charge >= 0.3 is 0 Å². The number of ether oxygens (including phenoxy) is 1. The lowest BCUT2D eigenvalue weighted by atomic mass is 9.95. The van der Waals surface area contributed by atoms with Crippen molar-refractivity contribution in [3.8, 4) is 0 Å². The summed E-state index contributed by atoms with van der Waals surface area (Å²) < 4.78 is 7.30. The van der Waals surface area contributed by atoms with Gasteiger partial charge in [-0.2, -0.15) is 0 Å². The zero-order valence-electron chi connectivity index (χ0n) is 14.7. The summed E-state index contributed by atoms with van der Waals surface area (Å²) >= 11 is 0. The van der Waals surface area contributed by atoms with E-state index in [1.54, 1.807) is 13.3 Å². The molecular weight excluding hydrogens is 290 g/mol. The molecule has 0 fully saturated rings. The normalized spacial score (nSPS) is 13.1. The molecule has 0 saturated carbocycles. The summed E-state index contributed by atoms with van der Waals surface area (Å²) in [6.07, 6.45) is 5.63. The quantitative estimate of drug-likeness (QED) is 0.850. The van der Waals surface area contributed by atoms with Crippen LogP contribution in [0.15, 0.2) is 24.8 Å². The molecule has 2 aromatic rings. The third-order valence-corrected chi connectivity index (χ3v) is 3.46. The first kappa shape index (κ1) is 17.4. The fraction of sp³-hybridized carbons (Fsp3) is 0.588. The van der Waals surface area contributed by atoms with Gasteiger partial charge in [0.15, 0.2) is 0 Å². The van der Waals surface area contributed by atoms with Gasteiger partial charge in [0, 0.05) is 44.1 Å². The van der Waals surface area contributed by atoms with Crippen LogP contribution < -0.4 is 5.32 Å². The molecule has 0 radical (unpaired) electrons. The number of nitrogens with zero attached hydrogens (tertiary/aromatic N) is 4. The number of hydrogen-bond acceptors (Lipinski definition) is 5. The first-order chi connectivity index (χ1) is 10.9. The lowest BCUT2D eigenvalue weighted by Gasteiger charge is -2.20. The maximum Gasteiger partial charge on any atom is 0.136 e. The summed E-state index contributed by atoms with van der Waals surface area (Å²) in [5.74, 6) is 2.15. The summed E-state index contributed by atoms with van der Waals surface area (Å²) in [5.41, 5.74) is 0.806. The average molecular weight is 317 g/mol. The van der Waals surface area contributed by atoms with E-state index >= 15 is 0 Å². The van der Waals surface area contributed by atoms with Crippen LogP contribution in [-0.2, 0) is 23.3 Å². The Morgan fingerprint density at radius 3 is 2.70 bits per heavy atom. The molecule has 1 N–H and O–H groups in total. The molecule has 6 heteroatoms. The highest BCUT2D eigenvalue weighted by atomic mass is 16.5. The van der Waals surface area contributed by atoms with E-state index in [9.17, 15) is 0 Å². The molecule has 0 aliphatic carbocycles. The largest absolute Gasteiger partial charge is 0.378 e. The highest BCUT2D eigenvalue weighted by Gasteiger charge is 2.19. The third-order valence-electron chi connectivity index (χ3n) is 3.46. The van der Waals surface area contributed by atoms with Crippen molar-refractivity contribution in [1.29, 1.82) is 0 Å². The molecule has 23 heavy (non-hydrogen) atoms. The van der Waals surface area contributed by atoms with Crippen molar-refractivity contribution in [2.75, 3.05) is 19.0 Å². The van der Waals surface area contributed by atoms with Crippen LogP contribution in [0.3, 0.4) is 0 Å². The Kier molecular flexibility index (Phi) is 5.71. The van der Waals surface area contributed by atoms with Gasteiger partial charge in [0.25, 0.3) is 0 Å². The molecule has 6 nitrogen and oxygen atoms in total. The smallest absolute Gasteiger partial charge is 0.136 e. The Morgan fingerprint density at radius 2 is 2.09 bits per heavy atom. The van der Waals surface area contributed by atoms with E-state index in [-0.39, 0.29) is 5.41 Å². The van der Waals surface area contributed by atoms with Gasteiger partial charge in [0.2, 0.25) is 0 Å². The standard InChI is InChI=1S/C17H27N5O/c1-13(10-22-7-6-18-12-22)9-19-15-8-14(11-23-5)20-16(21-15)17(2,3)4/h6-8,12-13H,9-11H2,1-5H3,(H,19,20,21)/t13-/m0/s1. The van der Waals surface area contributed by atoms with Gasteiger partial charge in [0.05, 0.1) is 18.6 Å². The molecule has 0 spiro atoms. The van der Waals surface area contributed by atoms with Crippen molar-refractivity contribution in [2.45, 2.75) is 46.3 Å². The number of hydrogen-bond donors (Lipinski definition) is 1. The van der Waals surface area contributed by atoms with Gasteiger partial charge in [-0.25, -0.2) is 15.0 Å². The van der Waals surface area contributed by atoms with Crippen LogP contribution >= 0.6 is 0 Å². The second kappa shape index (κ2) is 7.55. The molecule has 2 aromatic heterocycles. The highest BCUT2D eigenvalue weighted by Crippen LogP contribution is 2.21. The molecule has 1 atom stereocenters. The van der Waals surface area contributed by atoms with E-state index in [2.05, 4.69) is 52.5 Å². The Balaban J connectivity index is 2.04. The lowest BCUT2D eigenvalue weighted by molar-refractivity contribution is 0.181. The third kappa shape index (κ3) is 5.32. The summed E-state index contributed by atoms with van der Waals surface area (Å²) in [5, 5.41) is 3.43. The fourth-order valence-corrected chi connectivity index (χ4v) is 2.24. The van der Waals surface area contributed by atoms with E-state index in [0.717, 1.165) is 30.4 Å². The molecular formula is C17H27N5O. The summed E-state index contributed by atoms with van der Waals surface area (Å²) in [6, 6.07) is 1.96. The summed E-state index contributed by atoms with van der Waals surface area (Å²) in [6.45, 7) is 10.8. The number of rotatable bonds is 7. The molecule has 0 bridgehead atoms. The first-order valence-electron chi connectivity index (χ1n) is 7.95. The minimum absolute atomic E-state index is 0.0946. The van der Waals surface area contributed by atoms with Crippen LogP contribution in [-0.4, -0.2) is 33.2 Å². The predicted molar refractivity (Wildman–Crippen MR) is 91.3 cm³/mol. The monoisotopic (exact) mass is 317 g/mol. The van der Waals surface area contributed by atoms with E-state index in [0.29, 0.717) is 12.5 Å². The molecule has 0 amide bonds. The summed E-state index contributed by atoms with van der Waals surface area (Å²) in [7, 11) is 1.68. The van der Waals surface area contributed by atoms with Crippen LogP contribution in [0, 0.1) is 5.92 Å². The van der Waals surface area contributed by atoms with Gasteiger partial charge < -0.3 is 14.6 Å². The van der Waals surface area contributed by atoms with Crippen molar-refractivity contribution >= 4 is 5.82 Å². The molecule has 0 saturated heterocycles. The Morgan fingerprint density at radius 1 is 1.30 bits per heavy atom. The Labute approximate surface area is 138 Å². The number of methoxy groups -OCH3 is 1. The van der Waals surface area contributed by atoms with Gasteiger partial charge in [-0.15, -0.1) is 0 Å². The molecule has 0 aromatic carbocycles. The van der Waals surface area contributed by atoms with E-state index in [1.807, 2.05) is 18.6 Å². The average Bonchev–Trinajstić information content (AvgIpc) is 2.97. The van der Waals surface area contributed by atoms with E-state index < -0.39 is 0 Å². The van der Waals surface area contributed by atoms with Crippen molar-refractivity contribution in [3.63, 3.8) is 0 Å². The number of anilines is 1. The van der Waals surface area contributed by atoms with Crippen LogP contribution in [0.25, 0.3) is 0 Å². The molecule has 2 rings (SSSR count). The van der Waals surface area contributed by atoms with Crippen molar-refractivity contribution in [2.24, 2.45) is 5.92 Å². The van der Waals surface area contributed by atoms with Crippen LogP contribution in [0.4, 0.5) is 5.82 Å². The highest BCUT2D eigenvalue weighted by molar-refractivity contribution is 5.37. The SMILES string of the molecule is COCc1cc(NC[C@H](C)Cn2ccnc2)nc(C(C)(C)C)n1. The Bertz CT molecular complexity index is 604. The van der Waals surface area contributed by atoms with E-state index in [4.69, 9.17) is 4.74 Å². The zero-order valence-corrected chi connectivity index (χ0v) is 14.7. The molecule has 0 unspecified atom stereocenters. The molecule has 0 aliphatic rings. The topological polar surface area (TPSA) is 64.9 Å².